The van der Waals surface area contributed by atoms with Crippen molar-refractivity contribution in [3.63, 3.8) is 0 Å². The van der Waals surface area contributed by atoms with Gasteiger partial charge in [-0.25, -0.2) is 0 Å². The number of hydrogen-bond acceptors (Lipinski definition) is 3. The third-order valence-electron chi connectivity index (χ3n) is 4.16. The molecule has 150 valence electrons. The highest BCUT2D eigenvalue weighted by molar-refractivity contribution is 6.33. The molecule has 0 saturated carbocycles. The van der Waals surface area contributed by atoms with Crippen LogP contribution in [0.5, 0.6) is 5.75 Å². The fraction of sp³-hybridized carbons (Fsp3) is 0.333. The number of ether oxygens (including phenoxy) is 1. The Morgan fingerprint density at radius 2 is 1.82 bits per heavy atom. The monoisotopic (exact) mass is 402 g/mol. The van der Waals surface area contributed by atoms with Gasteiger partial charge >= 0.3 is 0 Å². The van der Waals surface area contributed by atoms with E-state index in [0.717, 1.165) is 22.4 Å². The van der Waals surface area contributed by atoms with Crippen LogP contribution >= 0.6 is 11.6 Å². The summed E-state index contributed by atoms with van der Waals surface area (Å²) in [6.07, 6.45) is 0.290. The minimum Gasteiger partial charge on any atom is -0.496 e. The molecule has 0 heterocycles. The maximum Gasteiger partial charge on any atom is 0.226 e. The van der Waals surface area contributed by atoms with E-state index < -0.39 is 0 Å². The Kier molecular flexibility index (Phi) is 8.14. The molecule has 0 aliphatic heterocycles. The zero-order chi connectivity index (χ0) is 20.5. The number of guanidine groups is 1. The Morgan fingerprint density at radius 3 is 2.50 bits per heavy atom. The molecule has 2 rings (SSSR count). The van der Waals surface area contributed by atoms with Crippen molar-refractivity contribution in [2.24, 2.45) is 4.99 Å². The summed E-state index contributed by atoms with van der Waals surface area (Å²) in [5.74, 6) is 1.33. The summed E-state index contributed by atoms with van der Waals surface area (Å²) in [4.78, 5) is 16.3. The van der Waals surface area contributed by atoms with Crippen molar-refractivity contribution in [1.29, 1.82) is 0 Å². The Balaban J connectivity index is 1.80. The summed E-state index contributed by atoms with van der Waals surface area (Å²) in [5, 5.41) is 9.71. The van der Waals surface area contributed by atoms with E-state index in [1.165, 1.54) is 0 Å². The average molecular weight is 403 g/mol. The number of aryl methyl sites for hydroxylation is 2. The van der Waals surface area contributed by atoms with Crippen LogP contribution in [0.15, 0.2) is 41.4 Å². The highest BCUT2D eigenvalue weighted by atomic mass is 35.5. The molecule has 0 bridgehead atoms. The van der Waals surface area contributed by atoms with Gasteiger partial charge in [-0.3, -0.25) is 9.79 Å². The third kappa shape index (κ3) is 6.46. The van der Waals surface area contributed by atoms with Crippen molar-refractivity contribution in [1.82, 2.24) is 10.6 Å². The van der Waals surface area contributed by atoms with Gasteiger partial charge in [0.2, 0.25) is 5.91 Å². The standard InChI is InChI=1S/C21H27ClN4O2/c1-14-6-8-18(17(22)11-14)26-20(27)9-10-24-21(23-3)25-13-16-7-5-15(2)12-19(16)28-4/h5-8,11-12H,9-10,13H2,1-4H3,(H,26,27)(H2,23,24,25). The summed E-state index contributed by atoms with van der Waals surface area (Å²) < 4.78 is 5.41. The molecule has 7 heteroatoms. The van der Waals surface area contributed by atoms with Crippen LogP contribution in [0.3, 0.4) is 0 Å². The molecule has 1 amide bonds. The molecular formula is C21H27ClN4O2. The molecular weight excluding hydrogens is 376 g/mol. The molecule has 0 atom stereocenters. The lowest BCUT2D eigenvalue weighted by Crippen LogP contribution is -2.38. The van der Waals surface area contributed by atoms with Crippen molar-refractivity contribution in [3.05, 3.63) is 58.1 Å². The molecule has 0 spiro atoms. The lowest BCUT2D eigenvalue weighted by Gasteiger charge is -2.14. The van der Waals surface area contributed by atoms with Crippen molar-refractivity contribution in [2.45, 2.75) is 26.8 Å². The first kappa shape index (κ1) is 21.6. The van der Waals surface area contributed by atoms with Gasteiger partial charge in [-0.1, -0.05) is 29.8 Å². The SMILES string of the molecule is CN=C(NCCC(=O)Nc1ccc(C)cc1Cl)NCc1ccc(C)cc1OC. The summed E-state index contributed by atoms with van der Waals surface area (Å²) in [5.41, 5.74) is 3.83. The quantitative estimate of drug-likeness (QED) is 0.488. The summed E-state index contributed by atoms with van der Waals surface area (Å²) in [7, 11) is 3.35. The molecule has 0 aliphatic carbocycles. The van der Waals surface area contributed by atoms with Crippen molar-refractivity contribution in [2.75, 3.05) is 26.0 Å². The second kappa shape index (κ2) is 10.6. The molecule has 6 nitrogen and oxygen atoms in total. The normalized spacial score (nSPS) is 11.1. The van der Waals surface area contributed by atoms with E-state index in [1.54, 1.807) is 20.2 Å². The Hall–Kier alpha value is -2.73. The first-order chi connectivity index (χ1) is 13.4. The van der Waals surface area contributed by atoms with E-state index in [2.05, 4.69) is 20.9 Å². The summed E-state index contributed by atoms with van der Waals surface area (Å²) in [6.45, 7) is 4.98. The molecule has 28 heavy (non-hydrogen) atoms. The van der Waals surface area contributed by atoms with Gasteiger partial charge in [0.15, 0.2) is 5.96 Å². The number of halogens is 1. The lowest BCUT2D eigenvalue weighted by atomic mass is 10.1. The number of hydrogen-bond donors (Lipinski definition) is 3. The third-order valence-corrected chi connectivity index (χ3v) is 4.47. The average Bonchev–Trinajstić information content (AvgIpc) is 2.67. The molecule has 0 unspecified atom stereocenters. The van der Waals surface area contributed by atoms with E-state index in [9.17, 15) is 4.79 Å². The van der Waals surface area contributed by atoms with Crippen LogP contribution in [-0.2, 0) is 11.3 Å². The molecule has 3 N–H and O–H groups in total. The summed E-state index contributed by atoms with van der Waals surface area (Å²) >= 11 is 6.14. The topological polar surface area (TPSA) is 74.8 Å². The number of carbonyl (C=O) groups is 1. The highest BCUT2D eigenvalue weighted by Crippen LogP contribution is 2.22. The highest BCUT2D eigenvalue weighted by Gasteiger charge is 2.08. The fourth-order valence-corrected chi connectivity index (χ4v) is 2.91. The van der Waals surface area contributed by atoms with Gasteiger partial charge < -0.3 is 20.7 Å². The Bertz CT molecular complexity index is 852. The van der Waals surface area contributed by atoms with Crippen LogP contribution < -0.4 is 20.7 Å². The first-order valence-electron chi connectivity index (χ1n) is 9.07. The minimum absolute atomic E-state index is 0.117. The van der Waals surface area contributed by atoms with Crippen LogP contribution in [0.4, 0.5) is 5.69 Å². The molecule has 0 aromatic heterocycles. The van der Waals surface area contributed by atoms with Crippen molar-refractivity contribution < 1.29 is 9.53 Å². The first-order valence-corrected chi connectivity index (χ1v) is 9.44. The number of benzene rings is 2. The number of methoxy groups -OCH3 is 1. The van der Waals surface area contributed by atoms with Crippen molar-refractivity contribution in [3.8, 4) is 5.75 Å². The second-order valence-corrected chi connectivity index (χ2v) is 6.86. The molecule has 2 aromatic carbocycles. The lowest BCUT2D eigenvalue weighted by molar-refractivity contribution is -0.116. The number of amides is 1. The van der Waals surface area contributed by atoms with Crippen LogP contribution in [0.25, 0.3) is 0 Å². The van der Waals surface area contributed by atoms with Gasteiger partial charge in [0, 0.05) is 32.1 Å². The predicted molar refractivity (Wildman–Crippen MR) is 115 cm³/mol. The van der Waals surface area contributed by atoms with Crippen LogP contribution in [-0.4, -0.2) is 32.6 Å². The van der Waals surface area contributed by atoms with Gasteiger partial charge in [0.1, 0.15) is 5.75 Å². The Morgan fingerprint density at radius 1 is 1.11 bits per heavy atom. The molecule has 0 aliphatic rings. The summed E-state index contributed by atoms with van der Waals surface area (Å²) in [6, 6.07) is 11.6. The number of anilines is 1. The second-order valence-electron chi connectivity index (χ2n) is 6.45. The zero-order valence-electron chi connectivity index (χ0n) is 16.7. The van der Waals surface area contributed by atoms with Gasteiger partial charge in [-0.15, -0.1) is 0 Å². The number of nitrogens with one attached hydrogen (secondary N) is 3. The van der Waals surface area contributed by atoms with Gasteiger partial charge in [0.25, 0.3) is 0 Å². The molecule has 0 radical (unpaired) electrons. The smallest absolute Gasteiger partial charge is 0.226 e. The maximum absolute atomic E-state index is 12.1. The number of aliphatic imine (C=N–C) groups is 1. The molecule has 2 aromatic rings. The van der Waals surface area contributed by atoms with Gasteiger partial charge in [0.05, 0.1) is 17.8 Å². The van der Waals surface area contributed by atoms with E-state index in [1.807, 2.05) is 44.2 Å². The maximum atomic E-state index is 12.1. The number of rotatable bonds is 7. The molecule has 0 fully saturated rings. The fourth-order valence-electron chi connectivity index (χ4n) is 2.63. The largest absolute Gasteiger partial charge is 0.496 e. The van der Waals surface area contributed by atoms with E-state index in [-0.39, 0.29) is 5.91 Å². The number of nitrogens with zero attached hydrogens (tertiary/aromatic N) is 1. The minimum atomic E-state index is -0.117. The van der Waals surface area contributed by atoms with E-state index in [0.29, 0.717) is 36.2 Å². The van der Waals surface area contributed by atoms with E-state index >= 15 is 0 Å². The van der Waals surface area contributed by atoms with Crippen molar-refractivity contribution >= 4 is 29.2 Å². The van der Waals surface area contributed by atoms with Gasteiger partial charge in [-0.2, -0.15) is 0 Å². The predicted octanol–water partition coefficient (Wildman–Crippen LogP) is 3.66. The van der Waals surface area contributed by atoms with E-state index in [4.69, 9.17) is 16.3 Å². The van der Waals surface area contributed by atoms with Crippen LogP contribution in [0.1, 0.15) is 23.1 Å². The Labute approximate surface area is 171 Å². The zero-order valence-corrected chi connectivity index (χ0v) is 17.5. The van der Waals surface area contributed by atoms with Crippen LogP contribution in [0, 0.1) is 13.8 Å². The van der Waals surface area contributed by atoms with Gasteiger partial charge in [-0.05, 0) is 43.2 Å². The number of carbonyl (C=O) groups excluding carboxylic acids is 1. The van der Waals surface area contributed by atoms with Crippen LogP contribution in [0.2, 0.25) is 5.02 Å². The molecule has 0 saturated heterocycles.